The fourth-order valence-electron chi connectivity index (χ4n) is 0.708. The zero-order chi connectivity index (χ0) is 6.69. The molecular weight excluding hydrogens is 181 g/mol. The van der Waals surface area contributed by atoms with Crippen LogP contribution in [0.2, 0.25) is 0 Å². The molecule has 11 heavy (non-hydrogen) atoms. The molecule has 60 valence electrons. The lowest BCUT2D eigenvalue weighted by Crippen LogP contribution is -3.00. The Bertz CT molecular complexity index is 253. The van der Waals surface area contributed by atoms with Crippen LogP contribution in [0.25, 0.3) is 4.85 Å². The summed E-state index contributed by atoms with van der Waals surface area (Å²) >= 11 is 0. The van der Waals surface area contributed by atoms with Crippen LogP contribution in [0.3, 0.4) is 0 Å². The third-order valence-electron chi connectivity index (χ3n) is 1.15. The minimum atomic E-state index is 0. The van der Waals surface area contributed by atoms with E-state index in [4.69, 9.17) is 6.57 Å². The number of nitrogens with zero attached hydrogens (tertiary/aromatic N) is 1. The molecule has 0 aliphatic heterocycles. The number of hydrogen-bond acceptors (Lipinski definition) is 0. The Morgan fingerprint density at radius 2 is 2.00 bits per heavy atom. The first-order valence-electron chi connectivity index (χ1n) is 2.80. The van der Waals surface area contributed by atoms with Crippen molar-refractivity contribution in [1.29, 1.82) is 0 Å². The Hall–Kier alpha value is -0.710. The number of hydrogen-bond donors (Lipinski definition) is 0. The molecule has 0 aromatic heterocycles. The van der Waals surface area contributed by atoms with Crippen LogP contribution in [0.1, 0.15) is 5.56 Å². The van der Waals surface area contributed by atoms with Gasteiger partial charge >= 0.3 is 5.69 Å². The summed E-state index contributed by atoms with van der Waals surface area (Å²) in [6.07, 6.45) is 0. The topological polar surface area (TPSA) is 4.36 Å². The predicted molar refractivity (Wildman–Crippen MR) is 46.4 cm³/mol. The minimum Gasteiger partial charge on any atom is -1.00 e. The molecule has 0 spiro atoms. The van der Waals surface area contributed by atoms with Crippen molar-refractivity contribution in [2.45, 2.75) is 6.92 Å². The van der Waals surface area contributed by atoms with Crippen LogP contribution in [0, 0.1) is 13.5 Å². The molecule has 0 amide bonds. The molecule has 1 aromatic rings. The molecule has 0 unspecified atom stereocenters. The van der Waals surface area contributed by atoms with Crippen molar-refractivity contribution < 1.29 is 12.4 Å². The highest BCUT2D eigenvalue weighted by Gasteiger charge is 1.95. The molecule has 0 aliphatic carbocycles. The molecule has 1 rings (SSSR count). The van der Waals surface area contributed by atoms with E-state index in [-0.39, 0.29) is 24.8 Å². The van der Waals surface area contributed by atoms with E-state index in [0.29, 0.717) is 0 Å². The summed E-state index contributed by atoms with van der Waals surface area (Å²) in [6.45, 7) is 7.05. The summed E-state index contributed by atoms with van der Waals surface area (Å²) in [5, 5.41) is 0. The molecule has 0 radical (unpaired) electrons. The number of halogens is 2. The normalized spacial score (nSPS) is 6.91. The molecule has 0 fully saturated rings. The largest absolute Gasteiger partial charge is 1.00 e. The van der Waals surface area contributed by atoms with Crippen molar-refractivity contribution in [1.82, 2.24) is 0 Å². The fourth-order valence-corrected chi connectivity index (χ4v) is 0.708. The molecule has 0 saturated heterocycles. The number of benzene rings is 1. The Kier molecular flexibility index (Phi) is 7.08. The monoisotopic (exact) mass is 189 g/mol. The van der Waals surface area contributed by atoms with E-state index >= 15 is 0 Å². The molecular formula is C8H9Cl2N. The van der Waals surface area contributed by atoms with Crippen LogP contribution in [0.4, 0.5) is 5.69 Å². The maximum atomic E-state index is 5.04. The van der Waals surface area contributed by atoms with Crippen molar-refractivity contribution in [3.63, 3.8) is 0 Å². The van der Waals surface area contributed by atoms with Gasteiger partial charge in [-0.05, 0) is 17.3 Å². The first-order chi connectivity index (χ1) is 4.33. The van der Waals surface area contributed by atoms with Crippen LogP contribution in [-0.2, 0) is 0 Å². The van der Waals surface area contributed by atoms with Gasteiger partial charge in [0.2, 0.25) is 0 Å². The zero-order valence-electron chi connectivity index (χ0n) is 6.12. The van der Waals surface area contributed by atoms with Gasteiger partial charge in [-0.1, -0.05) is 12.1 Å². The molecule has 0 heterocycles. The Morgan fingerprint density at radius 1 is 1.36 bits per heavy atom. The van der Waals surface area contributed by atoms with Gasteiger partial charge in [-0.25, -0.2) is 0 Å². The van der Waals surface area contributed by atoms with E-state index in [1.807, 2.05) is 31.2 Å². The van der Waals surface area contributed by atoms with Gasteiger partial charge in [-0.15, -0.1) is 12.4 Å². The average molecular weight is 190 g/mol. The van der Waals surface area contributed by atoms with Crippen LogP contribution in [0.15, 0.2) is 24.3 Å². The summed E-state index contributed by atoms with van der Waals surface area (Å²) in [6, 6.07) is 7.74. The van der Waals surface area contributed by atoms with E-state index in [9.17, 15) is 0 Å². The van der Waals surface area contributed by atoms with Crippen LogP contribution >= 0.6 is 12.4 Å². The Balaban J connectivity index is 0. The maximum absolute atomic E-state index is 5.04. The molecule has 0 atom stereocenters. The fraction of sp³-hybridized carbons (Fsp3) is 0.125. The lowest BCUT2D eigenvalue weighted by molar-refractivity contribution is -0.00000207. The summed E-state index contributed by atoms with van der Waals surface area (Å²) in [5.74, 6) is 0. The second kappa shape index (κ2) is 6.03. The Morgan fingerprint density at radius 3 is 2.36 bits per heavy atom. The van der Waals surface area contributed by atoms with E-state index < -0.39 is 0 Å². The van der Waals surface area contributed by atoms with Crippen molar-refractivity contribution in [2.24, 2.45) is 0 Å². The summed E-state index contributed by atoms with van der Waals surface area (Å²) in [5.41, 5.74) is 2.01. The van der Waals surface area contributed by atoms with E-state index in [2.05, 4.69) is 4.85 Å². The molecule has 0 bridgehead atoms. The predicted octanol–water partition coefficient (Wildman–Crippen LogP) is 0.0150. The third kappa shape index (κ3) is 3.87. The van der Waals surface area contributed by atoms with Crippen LogP contribution < -0.4 is 12.4 Å². The summed E-state index contributed by atoms with van der Waals surface area (Å²) in [7, 11) is 0. The van der Waals surface area contributed by atoms with Gasteiger partial charge < -0.3 is 12.4 Å². The van der Waals surface area contributed by atoms with E-state index in [1.165, 1.54) is 5.56 Å². The molecule has 1 aromatic carbocycles. The summed E-state index contributed by atoms with van der Waals surface area (Å²) < 4.78 is 0. The van der Waals surface area contributed by atoms with Crippen molar-refractivity contribution in [2.75, 3.05) is 0 Å². The van der Waals surface area contributed by atoms with E-state index in [0.717, 1.165) is 5.69 Å². The van der Waals surface area contributed by atoms with Crippen molar-refractivity contribution in [3.05, 3.63) is 34.7 Å². The highest BCUT2D eigenvalue weighted by atomic mass is 35.5. The third-order valence-corrected chi connectivity index (χ3v) is 1.15. The highest BCUT2D eigenvalue weighted by molar-refractivity contribution is 5.85. The highest BCUT2D eigenvalue weighted by Crippen LogP contribution is 2.11. The number of rotatable bonds is 0. The molecule has 3 heteroatoms. The van der Waals surface area contributed by atoms with E-state index in [1.54, 1.807) is 0 Å². The van der Waals surface area contributed by atoms with Gasteiger partial charge in [-0.3, -0.25) is 0 Å². The van der Waals surface area contributed by atoms with Gasteiger partial charge in [0.05, 0.1) is 0 Å². The standard InChI is InChI=1S/C8H8N.2ClH/c1-7-4-3-5-8(6-7)9-2;;/h2-6H,1H3;2*1H/q+1;;/p-1. The lowest BCUT2D eigenvalue weighted by Gasteiger charge is -1.82. The smallest absolute Gasteiger partial charge is 0.340 e. The van der Waals surface area contributed by atoms with Gasteiger partial charge in [0.25, 0.3) is 6.57 Å². The molecule has 0 saturated carbocycles. The second-order valence-electron chi connectivity index (χ2n) is 1.97. The quantitative estimate of drug-likeness (QED) is 0.543. The summed E-state index contributed by atoms with van der Waals surface area (Å²) in [4.78, 5) is 3.53. The van der Waals surface area contributed by atoms with Crippen LogP contribution in [-0.4, -0.2) is 0 Å². The first-order valence-corrected chi connectivity index (χ1v) is 2.80. The van der Waals surface area contributed by atoms with Crippen LogP contribution in [0.5, 0.6) is 0 Å². The van der Waals surface area contributed by atoms with Crippen molar-refractivity contribution >= 4 is 18.1 Å². The van der Waals surface area contributed by atoms with Gasteiger partial charge in [0.15, 0.2) is 0 Å². The lowest BCUT2D eigenvalue weighted by atomic mass is 10.2. The molecule has 0 N–H and O–H groups in total. The Labute approximate surface area is 79.1 Å². The zero-order valence-corrected chi connectivity index (χ0v) is 7.69. The second-order valence-corrected chi connectivity index (χ2v) is 1.97. The average Bonchev–Trinajstić information content (AvgIpc) is 1.88. The first kappa shape index (κ1) is 12.9. The molecule has 1 nitrogen and oxygen atoms in total. The minimum absolute atomic E-state index is 0. The van der Waals surface area contributed by atoms with Crippen molar-refractivity contribution in [3.8, 4) is 6.57 Å². The van der Waals surface area contributed by atoms with Gasteiger partial charge in [0, 0.05) is 12.1 Å². The van der Waals surface area contributed by atoms with Gasteiger partial charge in [0.1, 0.15) is 0 Å². The maximum Gasteiger partial charge on any atom is 0.340 e. The number of aryl methyl sites for hydroxylation is 1. The molecule has 0 aliphatic rings. The van der Waals surface area contributed by atoms with Gasteiger partial charge in [-0.2, -0.15) is 0 Å². The SMILES string of the molecule is C#[N+]c1cccc(C)c1.Cl.[Cl-].